The molecule has 1 aromatic carbocycles. The molecular formula is C12H18S2. The maximum absolute atomic E-state index is 4.27. The number of thioether (sulfide) groups is 1. The molecule has 0 spiro atoms. The van der Waals surface area contributed by atoms with Crippen molar-refractivity contribution in [3.8, 4) is 0 Å². The molecular weight excluding hydrogens is 208 g/mol. The first-order valence-electron chi connectivity index (χ1n) is 5.11. The third-order valence-corrected chi connectivity index (χ3v) is 3.80. The molecule has 0 atom stereocenters. The van der Waals surface area contributed by atoms with Gasteiger partial charge in [0.1, 0.15) is 0 Å². The highest BCUT2D eigenvalue weighted by molar-refractivity contribution is 7.99. The number of aryl methyl sites for hydroxylation is 1. The van der Waals surface area contributed by atoms with Crippen molar-refractivity contribution in [1.29, 1.82) is 0 Å². The van der Waals surface area contributed by atoms with Gasteiger partial charge in [-0.25, -0.2) is 0 Å². The largest absolute Gasteiger partial charge is 0.175 e. The monoisotopic (exact) mass is 226 g/mol. The first kappa shape index (κ1) is 12.0. The topological polar surface area (TPSA) is 0 Å². The zero-order chi connectivity index (χ0) is 10.4. The van der Waals surface area contributed by atoms with Crippen LogP contribution < -0.4 is 0 Å². The van der Waals surface area contributed by atoms with Crippen molar-refractivity contribution in [3.05, 3.63) is 29.3 Å². The second kappa shape index (κ2) is 6.41. The third-order valence-electron chi connectivity index (χ3n) is 2.18. The zero-order valence-electron chi connectivity index (χ0n) is 8.92. The highest BCUT2D eigenvalue weighted by Crippen LogP contribution is 2.24. The van der Waals surface area contributed by atoms with Gasteiger partial charge in [-0.3, -0.25) is 0 Å². The van der Waals surface area contributed by atoms with Gasteiger partial charge in [0.2, 0.25) is 0 Å². The van der Waals surface area contributed by atoms with Crippen LogP contribution in [0.25, 0.3) is 0 Å². The molecule has 1 rings (SSSR count). The van der Waals surface area contributed by atoms with Gasteiger partial charge < -0.3 is 0 Å². The minimum atomic E-state index is 0.834. The average molecular weight is 226 g/mol. The smallest absolute Gasteiger partial charge is 0.0154 e. The molecule has 0 aromatic heterocycles. The van der Waals surface area contributed by atoms with E-state index in [4.69, 9.17) is 0 Å². The first-order chi connectivity index (χ1) is 6.77. The number of hydrogen-bond donors (Lipinski definition) is 1. The van der Waals surface area contributed by atoms with Gasteiger partial charge in [0.25, 0.3) is 0 Å². The zero-order valence-corrected chi connectivity index (χ0v) is 10.6. The summed E-state index contributed by atoms with van der Waals surface area (Å²) in [6, 6.07) is 6.64. The Kier molecular flexibility index (Phi) is 5.49. The summed E-state index contributed by atoms with van der Waals surface area (Å²) in [5.41, 5.74) is 2.70. The van der Waals surface area contributed by atoms with Gasteiger partial charge in [0.15, 0.2) is 0 Å². The molecule has 0 N–H and O–H groups in total. The van der Waals surface area contributed by atoms with Gasteiger partial charge in [-0.05, 0) is 36.3 Å². The molecule has 2 heteroatoms. The van der Waals surface area contributed by atoms with E-state index in [1.807, 2.05) is 11.8 Å². The van der Waals surface area contributed by atoms with Crippen LogP contribution in [0.3, 0.4) is 0 Å². The fraction of sp³-hybridized carbons (Fsp3) is 0.500. The van der Waals surface area contributed by atoms with Crippen molar-refractivity contribution in [2.45, 2.75) is 37.3 Å². The Balaban J connectivity index is 2.59. The summed E-state index contributed by atoms with van der Waals surface area (Å²) in [6.07, 6.45) is 2.58. The van der Waals surface area contributed by atoms with Crippen molar-refractivity contribution in [3.63, 3.8) is 0 Å². The van der Waals surface area contributed by atoms with E-state index in [0.29, 0.717) is 0 Å². The summed E-state index contributed by atoms with van der Waals surface area (Å²) >= 11 is 6.24. The summed E-state index contributed by atoms with van der Waals surface area (Å²) in [7, 11) is 0. The Morgan fingerprint density at radius 2 is 2.14 bits per heavy atom. The second-order valence-electron chi connectivity index (χ2n) is 3.46. The molecule has 14 heavy (non-hydrogen) atoms. The van der Waals surface area contributed by atoms with Crippen LogP contribution in [0.1, 0.15) is 30.9 Å². The summed E-state index contributed by atoms with van der Waals surface area (Å²) in [4.78, 5) is 1.42. The minimum absolute atomic E-state index is 0.834. The van der Waals surface area contributed by atoms with E-state index in [0.717, 1.165) is 5.75 Å². The summed E-state index contributed by atoms with van der Waals surface area (Å²) < 4.78 is 0. The Morgan fingerprint density at radius 3 is 2.71 bits per heavy atom. The van der Waals surface area contributed by atoms with E-state index in [1.54, 1.807) is 0 Å². The van der Waals surface area contributed by atoms with Gasteiger partial charge in [-0.1, -0.05) is 25.5 Å². The lowest BCUT2D eigenvalue weighted by atomic mass is 10.2. The van der Waals surface area contributed by atoms with Crippen LogP contribution in [0, 0.1) is 6.92 Å². The lowest BCUT2D eigenvalue weighted by Gasteiger charge is -2.06. The van der Waals surface area contributed by atoms with E-state index >= 15 is 0 Å². The Bertz CT molecular complexity index is 282. The average Bonchev–Trinajstić information content (AvgIpc) is 2.20. The molecule has 78 valence electrons. The molecule has 0 nitrogen and oxygen atoms in total. The Hall–Kier alpha value is -0.0800. The van der Waals surface area contributed by atoms with E-state index in [2.05, 4.69) is 44.7 Å². The fourth-order valence-corrected chi connectivity index (χ4v) is 2.60. The maximum atomic E-state index is 4.27. The number of hydrogen-bond acceptors (Lipinski definition) is 2. The normalized spacial score (nSPS) is 10.5. The van der Waals surface area contributed by atoms with Crippen LogP contribution in [0.2, 0.25) is 0 Å². The third kappa shape index (κ3) is 3.58. The van der Waals surface area contributed by atoms with Crippen LogP contribution >= 0.6 is 24.4 Å². The molecule has 0 heterocycles. The number of thiol groups is 1. The molecule has 0 fully saturated rings. The Labute approximate surface area is 96.9 Å². The van der Waals surface area contributed by atoms with Crippen molar-refractivity contribution >= 4 is 24.4 Å². The minimum Gasteiger partial charge on any atom is -0.175 e. The molecule has 1 aromatic rings. The van der Waals surface area contributed by atoms with Crippen LogP contribution in [-0.2, 0) is 5.75 Å². The summed E-state index contributed by atoms with van der Waals surface area (Å²) in [5.74, 6) is 2.07. The van der Waals surface area contributed by atoms with Gasteiger partial charge in [-0.2, -0.15) is 12.6 Å². The highest BCUT2D eigenvalue weighted by atomic mass is 32.2. The molecule has 0 bridgehead atoms. The fourth-order valence-electron chi connectivity index (χ4n) is 1.30. The molecule has 0 saturated carbocycles. The van der Waals surface area contributed by atoms with Gasteiger partial charge >= 0.3 is 0 Å². The van der Waals surface area contributed by atoms with Gasteiger partial charge in [0, 0.05) is 10.6 Å². The molecule has 0 saturated heterocycles. The van der Waals surface area contributed by atoms with Crippen LogP contribution in [0.4, 0.5) is 0 Å². The second-order valence-corrected chi connectivity index (χ2v) is 4.91. The summed E-state index contributed by atoms with van der Waals surface area (Å²) in [6.45, 7) is 4.42. The van der Waals surface area contributed by atoms with E-state index < -0.39 is 0 Å². The highest BCUT2D eigenvalue weighted by Gasteiger charge is 1.99. The maximum Gasteiger partial charge on any atom is 0.0154 e. The van der Waals surface area contributed by atoms with Crippen molar-refractivity contribution < 1.29 is 0 Å². The molecule has 0 radical (unpaired) electrons. The van der Waals surface area contributed by atoms with Crippen LogP contribution in [0.15, 0.2) is 23.1 Å². The van der Waals surface area contributed by atoms with Crippen LogP contribution in [-0.4, -0.2) is 5.75 Å². The molecule has 0 unspecified atom stereocenters. The number of benzene rings is 1. The molecule has 0 aliphatic rings. The van der Waals surface area contributed by atoms with Crippen molar-refractivity contribution in [1.82, 2.24) is 0 Å². The van der Waals surface area contributed by atoms with Crippen molar-refractivity contribution in [2.24, 2.45) is 0 Å². The van der Waals surface area contributed by atoms with Crippen LogP contribution in [0.5, 0.6) is 0 Å². The lowest BCUT2D eigenvalue weighted by Crippen LogP contribution is -1.85. The molecule has 0 aliphatic carbocycles. The van der Waals surface area contributed by atoms with Crippen molar-refractivity contribution in [2.75, 3.05) is 5.75 Å². The number of rotatable bonds is 5. The van der Waals surface area contributed by atoms with E-state index in [1.165, 1.54) is 34.6 Å². The first-order valence-corrected chi connectivity index (χ1v) is 6.73. The molecule has 0 amide bonds. The molecule has 0 aliphatic heterocycles. The number of unbranched alkanes of at least 4 members (excludes halogenated alkanes) is 1. The summed E-state index contributed by atoms with van der Waals surface area (Å²) in [5, 5.41) is 0. The predicted octanol–water partition coefficient (Wildman–Crippen LogP) is 4.32. The van der Waals surface area contributed by atoms with Gasteiger partial charge in [0.05, 0.1) is 0 Å². The SMILES string of the molecule is CCCCSc1ccc(CS)cc1C. The lowest BCUT2D eigenvalue weighted by molar-refractivity contribution is 0.896. The van der Waals surface area contributed by atoms with E-state index in [-0.39, 0.29) is 0 Å². The van der Waals surface area contributed by atoms with Gasteiger partial charge in [-0.15, -0.1) is 11.8 Å². The quantitative estimate of drug-likeness (QED) is 0.443. The Morgan fingerprint density at radius 1 is 1.36 bits per heavy atom. The van der Waals surface area contributed by atoms with E-state index in [9.17, 15) is 0 Å². The standard InChI is InChI=1S/C12H18S2/c1-3-4-7-14-12-6-5-11(9-13)8-10(12)2/h5-6,8,13H,3-4,7,9H2,1-2H3. The predicted molar refractivity (Wildman–Crippen MR) is 69.5 cm³/mol.